The van der Waals surface area contributed by atoms with Crippen LogP contribution in [0.3, 0.4) is 0 Å². The Morgan fingerprint density at radius 1 is 0.524 bits per heavy atom. The minimum Gasteiger partial charge on any atom is -0.285 e. The normalized spacial score (nSPS) is 40.6. The summed E-state index contributed by atoms with van der Waals surface area (Å²) in [5.41, 5.74) is -9.37. The van der Waals surface area contributed by atoms with Gasteiger partial charge >= 0.3 is 24.7 Å². The third-order valence-electron chi connectivity index (χ3n) is 3.82. The van der Waals surface area contributed by atoms with Crippen molar-refractivity contribution in [1.29, 1.82) is 0 Å². The predicted octanol–water partition coefficient (Wildman–Crippen LogP) is 3.56. The Labute approximate surface area is 107 Å². The number of rotatable bonds is 0. The van der Waals surface area contributed by atoms with Crippen LogP contribution >= 0.6 is 0 Å². The molecule has 2 rings (SSSR count). The fraction of sp³-hybridized carbons (Fsp3) is 1.00. The van der Waals surface area contributed by atoms with Gasteiger partial charge in [0.15, 0.2) is 11.1 Å². The second-order valence-corrected chi connectivity index (χ2v) is 4.78. The Bertz CT molecular complexity index is 412. The Kier molecular flexibility index (Phi) is 2.78. The zero-order valence-electron chi connectivity index (χ0n) is 9.19. The Hall–Kier alpha value is -0.880. The first-order chi connectivity index (χ1) is 8.95. The van der Waals surface area contributed by atoms with Crippen molar-refractivity contribution in [2.75, 3.05) is 0 Å². The van der Waals surface area contributed by atoms with Crippen LogP contribution in [0.5, 0.6) is 0 Å². The lowest BCUT2D eigenvalue weighted by Gasteiger charge is -2.49. The van der Waals surface area contributed by atoms with Crippen LogP contribution in [0, 0.1) is 11.8 Å². The summed E-state index contributed by atoms with van der Waals surface area (Å²) in [6, 6.07) is 0. The van der Waals surface area contributed by atoms with Gasteiger partial charge in [0.25, 0.3) is 0 Å². The van der Waals surface area contributed by atoms with Gasteiger partial charge in [-0.3, -0.25) is 5.32 Å². The molecule has 13 heteroatoms. The van der Waals surface area contributed by atoms with E-state index in [9.17, 15) is 52.7 Å². The lowest BCUT2D eigenvalue weighted by atomic mass is 9.55. The lowest BCUT2D eigenvalue weighted by molar-refractivity contribution is -0.366. The molecule has 0 radical (unpaired) electrons. The van der Waals surface area contributed by atoms with Crippen LogP contribution in [0.2, 0.25) is 0 Å². The molecular formula is C8H3F12N. The minimum atomic E-state index is -6.15. The van der Waals surface area contributed by atoms with Crippen molar-refractivity contribution < 1.29 is 52.7 Å². The van der Waals surface area contributed by atoms with Gasteiger partial charge in [0.05, 0.1) is 11.8 Å². The Balaban J connectivity index is 2.63. The van der Waals surface area contributed by atoms with Crippen molar-refractivity contribution in [1.82, 2.24) is 5.32 Å². The SMILES string of the molecule is FC(F)(F)C1C(C(F)(F)F)[C@@]2(C(F)(F)F)N[C@@]12C(F)(F)F. The highest BCUT2D eigenvalue weighted by atomic mass is 19.4. The topological polar surface area (TPSA) is 21.9 Å². The van der Waals surface area contributed by atoms with Crippen molar-refractivity contribution in [3.8, 4) is 0 Å². The van der Waals surface area contributed by atoms with Gasteiger partial charge in [0.1, 0.15) is 0 Å². The van der Waals surface area contributed by atoms with Crippen molar-refractivity contribution in [2.24, 2.45) is 11.8 Å². The predicted molar refractivity (Wildman–Crippen MR) is 39.8 cm³/mol. The monoisotopic (exact) mass is 341 g/mol. The van der Waals surface area contributed by atoms with Gasteiger partial charge in [0, 0.05) is 0 Å². The van der Waals surface area contributed by atoms with E-state index in [0.29, 0.717) is 5.32 Å². The molecule has 0 aromatic carbocycles. The third-order valence-corrected chi connectivity index (χ3v) is 3.82. The molecule has 1 aliphatic heterocycles. The van der Waals surface area contributed by atoms with Crippen LogP contribution in [-0.4, -0.2) is 35.8 Å². The molecule has 2 unspecified atom stereocenters. The van der Waals surface area contributed by atoms with Crippen LogP contribution in [0.15, 0.2) is 0 Å². The molecule has 0 aromatic rings. The van der Waals surface area contributed by atoms with Crippen LogP contribution in [0.4, 0.5) is 52.7 Å². The second-order valence-electron chi connectivity index (χ2n) is 4.78. The third kappa shape index (κ3) is 1.66. The fourth-order valence-electron chi connectivity index (χ4n) is 3.14. The van der Waals surface area contributed by atoms with Crippen LogP contribution in [0.1, 0.15) is 0 Å². The van der Waals surface area contributed by atoms with Crippen molar-refractivity contribution in [2.45, 2.75) is 35.8 Å². The van der Waals surface area contributed by atoms with Gasteiger partial charge in [-0.1, -0.05) is 0 Å². The number of alkyl halides is 12. The molecule has 1 aliphatic carbocycles. The molecule has 1 saturated heterocycles. The summed E-state index contributed by atoms with van der Waals surface area (Å²) in [4.78, 5) is 0. The zero-order valence-corrected chi connectivity index (χ0v) is 9.19. The minimum absolute atomic E-state index is 0.436. The van der Waals surface area contributed by atoms with Crippen molar-refractivity contribution >= 4 is 0 Å². The first kappa shape index (κ1) is 16.5. The molecule has 2 fully saturated rings. The summed E-state index contributed by atoms with van der Waals surface area (Å²) in [6.07, 6.45) is -24.5. The first-order valence-electron chi connectivity index (χ1n) is 5.01. The van der Waals surface area contributed by atoms with Gasteiger partial charge in [0.2, 0.25) is 0 Å². The van der Waals surface area contributed by atoms with E-state index >= 15 is 0 Å². The maximum atomic E-state index is 12.6. The number of hydrogen-bond donors (Lipinski definition) is 1. The van der Waals surface area contributed by atoms with E-state index in [1.165, 1.54) is 0 Å². The van der Waals surface area contributed by atoms with Gasteiger partial charge in [-0.15, -0.1) is 0 Å². The van der Waals surface area contributed by atoms with E-state index in [2.05, 4.69) is 0 Å². The van der Waals surface area contributed by atoms with E-state index in [1.54, 1.807) is 0 Å². The second kappa shape index (κ2) is 3.54. The van der Waals surface area contributed by atoms with Crippen LogP contribution in [-0.2, 0) is 0 Å². The highest BCUT2D eigenvalue weighted by molar-refractivity contribution is 5.48. The number of nitrogens with one attached hydrogen (secondary N) is 1. The first-order valence-corrected chi connectivity index (χ1v) is 5.01. The molecule has 1 heterocycles. The lowest BCUT2D eigenvalue weighted by Crippen LogP contribution is -2.74. The Morgan fingerprint density at radius 2 is 0.762 bits per heavy atom. The standard InChI is InChI=1S/C8H3F12N/c9-5(10,11)1-2(6(12,13)14)4(8(18,19)20)3(1,21-4)7(15,16)17/h1-2,21H/t1?,2?,3-,4+. The summed E-state index contributed by atoms with van der Waals surface area (Å²) < 4.78 is 151. The van der Waals surface area contributed by atoms with Gasteiger partial charge < -0.3 is 0 Å². The highest BCUT2D eigenvalue weighted by Gasteiger charge is 3.07. The largest absolute Gasteiger partial charge is 0.409 e. The average Bonchev–Trinajstić information content (AvgIpc) is 2.61. The average molecular weight is 341 g/mol. The van der Waals surface area contributed by atoms with Crippen LogP contribution in [0.25, 0.3) is 0 Å². The van der Waals surface area contributed by atoms with E-state index in [-0.39, 0.29) is 0 Å². The maximum absolute atomic E-state index is 12.6. The molecule has 0 bridgehead atoms. The highest BCUT2D eigenvalue weighted by Crippen LogP contribution is 2.79. The van der Waals surface area contributed by atoms with Crippen molar-refractivity contribution in [3.05, 3.63) is 0 Å². The maximum Gasteiger partial charge on any atom is 0.409 e. The van der Waals surface area contributed by atoms with Gasteiger partial charge in [-0.25, -0.2) is 0 Å². The molecular weight excluding hydrogens is 338 g/mol. The number of hydrogen-bond acceptors (Lipinski definition) is 1. The summed E-state index contributed by atoms with van der Waals surface area (Å²) in [5.74, 6) is -8.49. The number of fused-ring (bicyclic) bond motifs is 1. The molecule has 124 valence electrons. The Morgan fingerprint density at radius 3 is 0.905 bits per heavy atom. The summed E-state index contributed by atoms with van der Waals surface area (Å²) in [7, 11) is 0. The number of halogens is 12. The summed E-state index contributed by atoms with van der Waals surface area (Å²) in [6.45, 7) is 0. The van der Waals surface area contributed by atoms with Crippen LogP contribution < -0.4 is 5.32 Å². The van der Waals surface area contributed by atoms with E-state index in [1.807, 2.05) is 0 Å². The zero-order chi connectivity index (χ0) is 16.9. The summed E-state index contributed by atoms with van der Waals surface area (Å²) >= 11 is 0. The quantitative estimate of drug-likeness (QED) is 0.528. The van der Waals surface area contributed by atoms with E-state index < -0.39 is 47.6 Å². The summed E-state index contributed by atoms with van der Waals surface area (Å²) in [5, 5.41) is 0.436. The van der Waals surface area contributed by atoms with E-state index in [4.69, 9.17) is 0 Å². The molecule has 1 nitrogen and oxygen atoms in total. The molecule has 21 heavy (non-hydrogen) atoms. The van der Waals surface area contributed by atoms with Crippen molar-refractivity contribution in [3.63, 3.8) is 0 Å². The van der Waals surface area contributed by atoms with Gasteiger partial charge in [-0.2, -0.15) is 52.7 Å². The van der Waals surface area contributed by atoms with Gasteiger partial charge in [-0.05, 0) is 0 Å². The molecule has 0 amide bonds. The molecule has 0 aromatic heterocycles. The smallest absolute Gasteiger partial charge is 0.285 e. The molecule has 1 saturated carbocycles. The molecule has 4 atom stereocenters. The van der Waals surface area contributed by atoms with E-state index in [0.717, 1.165) is 0 Å². The fourth-order valence-corrected chi connectivity index (χ4v) is 3.14. The molecule has 0 spiro atoms. The molecule has 2 aliphatic rings. The molecule has 1 N–H and O–H groups in total.